The van der Waals surface area contributed by atoms with E-state index in [1.165, 1.54) is 11.3 Å². The van der Waals surface area contributed by atoms with E-state index in [0.29, 0.717) is 18.5 Å². The molecule has 31 heavy (non-hydrogen) atoms. The highest BCUT2D eigenvalue weighted by Crippen LogP contribution is 2.34. The number of hydrogen-bond donors (Lipinski definition) is 1. The van der Waals surface area contributed by atoms with Crippen LogP contribution in [0.3, 0.4) is 0 Å². The van der Waals surface area contributed by atoms with Crippen molar-refractivity contribution in [3.05, 3.63) is 68.0 Å². The molecule has 0 atom stereocenters. The summed E-state index contributed by atoms with van der Waals surface area (Å²) in [6.07, 6.45) is 0.801. The van der Waals surface area contributed by atoms with Crippen LogP contribution in [0.1, 0.15) is 13.3 Å². The Hall–Kier alpha value is -2.62. The zero-order valence-electron chi connectivity index (χ0n) is 16.8. The average Bonchev–Trinajstić information content (AvgIpc) is 3.50. The molecule has 0 saturated carbocycles. The van der Waals surface area contributed by atoms with Gasteiger partial charge in [-0.05, 0) is 36.9 Å². The molecule has 1 N–H and O–H groups in total. The van der Waals surface area contributed by atoms with Gasteiger partial charge in [0.2, 0.25) is 0 Å². The second-order valence-electron chi connectivity index (χ2n) is 7.05. The van der Waals surface area contributed by atoms with Crippen LogP contribution in [0, 0.1) is 0 Å². The largest absolute Gasteiger partial charge is 0.326 e. The van der Waals surface area contributed by atoms with E-state index in [4.69, 9.17) is 4.98 Å². The molecule has 5 rings (SSSR count). The van der Waals surface area contributed by atoms with Crippen LogP contribution in [0.15, 0.2) is 61.9 Å². The van der Waals surface area contributed by atoms with Gasteiger partial charge in [0, 0.05) is 34.7 Å². The number of thioether (sulfide) groups is 1. The summed E-state index contributed by atoms with van der Waals surface area (Å²) in [5, 5.41) is 5.51. The van der Waals surface area contributed by atoms with Crippen LogP contribution in [0.25, 0.3) is 31.7 Å². The van der Waals surface area contributed by atoms with Gasteiger partial charge in [-0.25, -0.2) is 9.78 Å². The highest BCUT2D eigenvalue weighted by molar-refractivity contribution is 7.99. The third kappa shape index (κ3) is 3.66. The fourth-order valence-corrected chi connectivity index (χ4v) is 6.51. The summed E-state index contributed by atoms with van der Waals surface area (Å²) in [7, 11) is 0. The molecular weight excluding hydrogens is 448 g/mol. The normalized spacial score (nSPS) is 11.6. The Morgan fingerprint density at radius 3 is 2.77 bits per heavy atom. The highest BCUT2D eigenvalue weighted by Gasteiger charge is 2.17. The SMILES string of the molecule is CCn1c(SCCCn2c(=O)[nH]c3ccccc32)nc2scc(-c3cccs3)c2c1=O. The van der Waals surface area contributed by atoms with Crippen molar-refractivity contribution in [3.8, 4) is 10.4 Å². The molecule has 4 heterocycles. The number of benzene rings is 1. The first-order chi connectivity index (χ1) is 15.2. The van der Waals surface area contributed by atoms with Gasteiger partial charge in [0.1, 0.15) is 4.83 Å². The Bertz CT molecular complexity index is 1470. The predicted octanol–water partition coefficient (Wildman–Crippen LogP) is 5.03. The van der Waals surface area contributed by atoms with Crippen LogP contribution in [-0.4, -0.2) is 24.9 Å². The molecule has 158 valence electrons. The molecule has 5 aromatic rings. The van der Waals surface area contributed by atoms with Crippen molar-refractivity contribution in [1.82, 2.24) is 19.1 Å². The number of para-hydroxylation sites is 2. The van der Waals surface area contributed by atoms with Gasteiger partial charge in [0.05, 0.1) is 16.4 Å². The first-order valence-electron chi connectivity index (χ1n) is 10.0. The van der Waals surface area contributed by atoms with Gasteiger partial charge in [0.25, 0.3) is 5.56 Å². The topological polar surface area (TPSA) is 72.7 Å². The fourth-order valence-electron chi connectivity index (χ4n) is 3.72. The number of hydrogen-bond acceptors (Lipinski definition) is 6. The van der Waals surface area contributed by atoms with Crippen LogP contribution < -0.4 is 11.2 Å². The summed E-state index contributed by atoms with van der Waals surface area (Å²) in [6, 6.07) is 11.7. The second-order valence-corrected chi connectivity index (χ2v) is 9.92. The van der Waals surface area contributed by atoms with Crippen LogP contribution in [0.2, 0.25) is 0 Å². The molecule has 6 nitrogen and oxygen atoms in total. The van der Waals surface area contributed by atoms with Gasteiger partial charge in [0.15, 0.2) is 5.16 Å². The number of aromatic amines is 1. The third-order valence-electron chi connectivity index (χ3n) is 5.20. The molecule has 0 amide bonds. The molecule has 9 heteroatoms. The monoisotopic (exact) mass is 468 g/mol. The number of fused-ring (bicyclic) bond motifs is 2. The maximum atomic E-state index is 13.2. The van der Waals surface area contributed by atoms with Crippen LogP contribution in [-0.2, 0) is 13.1 Å². The Labute approximate surface area is 190 Å². The van der Waals surface area contributed by atoms with E-state index >= 15 is 0 Å². The minimum absolute atomic E-state index is 0.0208. The molecule has 0 unspecified atom stereocenters. The summed E-state index contributed by atoms with van der Waals surface area (Å²) < 4.78 is 3.53. The van der Waals surface area contributed by atoms with Gasteiger partial charge >= 0.3 is 5.69 Å². The number of thiophene rings is 2. The minimum atomic E-state index is -0.0871. The van der Waals surface area contributed by atoms with Crippen molar-refractivity contribution in [2.45, 2.75) is 31.6 Å². The standard InChI is InChI=1S/C22H20N4O2S3/c1-2-25-20(27)18-14(17-9-5-11-29-17)13-31-19(18)24-22(25)30-12-6-10-26-16-8-4-3-7-15(16)23-21(26)28/h3-5,7-9,11,13H,2,6,10,12H2,1H3,(H,23,28). The van der Waals surface area contributed by atoms with Crippen LogP contribution >= 0.6 is 34.4 Å². The van der Waals surface area contributed by atoms with Crippen molar-refractivity contribution in [3.63, 3.8) is 0 Å². The van der Waals surface area contributed by atoms with E-state index in [0.717, 1.165) is 43.6 Å². The van der Waals surface area contributed by atoms with Crippen molar-refractivity contribution >= 4 is 55.7 Å². The Morgan fingerprint density at radius 2 is 1.97 bits per heavy atom. The molecule has 0 radical (unpaired) electrons. The van der Waals surface area contributed by atoms with E-state index in [1.54, 1.807) is 32.2 Å². The number of imidazole rings is 1. The summed E-state index contributed by atoms with van der Waals surface area (Å²) in [5.41, 5.74) is 2.68. The molecule has 0 spiro atoms. The van der Waals surface area contributed by atoms with Crippen molar-refractivity contribution in [1.29, 1.82) is 0 Å². The number of aryl methyl sites for hydroxylation is 1. The summed E-state index contributed by atoms with van der Waals surface area (Å²) in [6.45, 7) is 3.17. The Kier molecular flexibility index (Phi) is 5.56. The van der Waals surface area contributed by atoms with Gasteiger partial charge in [-0.1, -0.05) is 30.0 Å². The van der Waals surface area contributed by atoms with Crippen LogP contribution in [0.5, 0.6) is 0 Å². The van der Waals surface area contributed by atoms with E-state index in [1.807, 2.05) is 54.1 Å². The number of H-pyrrole nitrogens is 1. The van der Waals surface area contributed by atoms with Crippen LogP contribution in [0.4, 0.5) is 0 Å². The van der Waals surface area contributed by atoms with E-state index < -0.39 is 0 Å². The van der Waals surface area contributed by atoms with Gasteiger partial charge in [-0.2, -0.15) is 0 Å². The maximum Gasteiger partial charge on any atom is 0.326 e. The number of aromatic nitrogens is 4. The predicted molar refractivity (Wildman–Crippen MR) is 131 cm³/mol. The third-order valence-corrected chi connectivity index (χ3v) is 8.04. The smallest absolute Gasteiger partial charge is 0.306 e. The van der Waals surface area contributed by atoms with E-state index in [9.17, 15) is 9.59 Å². The summed E-state index contributed by atoms with van der Waals surface area (Å²) >= 11 is 4.73. The van der Waals surface area contributed by atoms with Gasteiger partial charge in [-0.3, -0.25) is 13.9 Å². The first-order valence-corrected chi connectivity index (χ1v) is 12.8. The first kappa shape index (κ1) is 20.3. The minimum Gasteiger partial charge on any atom is -0.306 e. The number of rotatable bonds is 7. The molecule has 0 saturated heterocycles. The van der Waals surface area contributed by atoms with Crippen molar-refractivity contribution < 1.29 is 0 Å². The van der Waals surface area contributed by atoms with Crippen molar-refractivity contribution in [2.75, 3.05) is 5.75 Å². The Balaban J connectivity index is 1.37. The highest BCUT2D eigenvalue weighted by atomic mass is 32.2. The lowest BCUT2D eigenvalue weighted by Crippen LogP contribution is -2.22. The Morgan fingerprint density at radius 1 is 1.10 bits per heavy atom. The molecule has 1 aromatic carbocycles. The van der Waals surface area contributed by atoms with Gasteiger partial charge in [-0.15, -0.1) is 22.7 Å². The second kappa shape index (κ2) is 8.49. The number of nitrogens with one attached hydrogen (secondary N) is 1. The zero-order chi connectivity index (χ0) is 21.4. The molecular formula is C22H20N4O2S3. The molecule has 0 fully saturated rings. The summed E-state index contributed by atoms with van der Waals surface area (Å²) in [4.78, 5) is 35.1. The summed E-state index contributed by atoms with van der Waals surface area (Å²) in [5.74, 6) is 0.771. The van der Waals surface area contributed by atoms with Gasteiger partial charge < -0.3 is 4.98 Å². The fraction of sp³-hybridized carbons (Fsp3) is 0.227. The number of nitrogens with zero attached hydrogens (tertiary/aromatic N) is 3. The molecule has 0 aliphatic carbocycles. The zero-order valence-corrected chi connectivity index (χ0v) is 19.3. The quantitative estimate of drug-likeness (QED) is 0.207. The molecule has 4 aromatic heterocycles. The van der Waals surface area contributed by atoms with E-state index in [-0.39, 0.29) is 11.2 Å². The lowest BCUT2D eigenvalue weighted by molar-refractivity contribution is 0.633. The van der Waals surface area contributed by atoms with Crippen molar-refractivity contribution in [2.24, 2.45) is 0 Å². The average molecular weight is 469 g/mol. The lowest BCUT2D eigenvalue weighted by atomic mass is 10.2. The lowest BCUT2D eigenvalue weighted by Gasteiger charge is -2.10. The maximum absolute atomic E-state index is 13.2. The molecule has 0 aliphatic rings. The van der Waals surface area contributed by atoms with E-state index in [2.05, 4.69) is 4.98 Å². The molecule has 0 bridgehead atoms. The molecule has 0 aliphatic heterocycles.